The van der Waals surface area contributed by atoms with E-state index in [2.05, 4.69) is 9.97 Å². The number of aromatic nitrogens is 2. The Balaban J connectivity index is 2.25. The number of aldehydes is 1. The average Bonchev–Trinajstić information content (AvgIpc) is 2.37. The van der Waals surface area contributed by atoms with Crippen molar-refractivity contribution in [2.75, 3.05) is 18.0 Å². The second kappa shape index (κ2) is 5.16. The Kier molecular flexibility index (Phi) is 3.75. The molecule has 0 amide bonds. The molecule has 8 heteroatoms. The van der Waals surface area contributed by atoms with Crippen LogP contribution in [0.2, 0.25) is 5.15 Å². The van der Waals surface area contributed by atoms with E-state index in [1.807, 2.05) is 0 Å². The first kappa shape index (κ1) is 13.8. The Morgan fingerprint density at radius 3 is 2.63 bits per heavy atom. The van der Waals surface area contributed by atoms with E-state index >= 15 is 0 Å². The van der Waals surface area contributed by atoms with Crippen molar-refractivity contribution < 1.29 is 18.0 Å². The lowest BCUT2D eigenvalue weighted by Crippen LogP contribution is -2.33. The fraction of sp³-hybridized carbons (Fsp3) is 0.364. The number of halogens is 4. The standard InChI is InChI=1S/C11H9ClF3N3O/c12-9-8(5-19)10(17-6-16-9)18-3-1-7(2-4-18)11(13,14)15/h1,5-6H,2-4H2. The van der Waals surface area contributed by atoms with E-state index in [1.54, 1.807) is 4.90 Å². The van der Waals surface area contributed by atoms with Crippen molar-refractivity contribution in [1.29, 1.82) is 0 Å². The van der Waals surface area contributed by atoms with Gasteiger partial charge in [0.1, 0.15) is 17.3 Å². The van der Waals surface area contributed by atoms with Crippen LogP contribution >= 0.6 is 11.6 Å². The summed E-state index contributed by atoms with van der Waals surface area (Å²) in [6.45, 7) is 0.155. The molecular weight excluding hydrogens is 283 g/mol. The van der Waals surface area contributed by atoms with Gasteiger partial charge < -0.3 is 4.90 Å². The van der Waals surface area contributed by atoms with Crippen LogP contribution in [-0.4, -0.2) is 35.5 Å². The van der Waals surface area contributed by atoms with Crippen molar-refractivity contribution in [3.8, 4) is 0 Å². The van der Waals surface area contributed by atoms with Gasteiger partial charge in [0.15, 0.2) is 6.29 Å². The highest BCUT2D eigenvalue weighted by Gasteiger charge is 2.35. The largest absolute Gasteiger partial charge is 0.412 e. The van der Waals surface area contributed by atoms with Gasteiger partial charge in [-0.05, 0) is 6.42 Å². The van der Waals surface area contributed by atoms with Crippen molar-refractivity contribution in [2.24, 2.45) is 0 Å². The van der Waals surface area contributed by atoms with E-state index in [-0.39, 0.29) is 36.0 Å². The van der Waals surface area contributed by atoms with E-state index < -0.39 is 11.7 Å². The molecule has 0 spiro atoms. The van der Waals surface area contributed by atoms with Crippen molar-refractivity contribution in [1.82, 2.24) is 9.97 Å². The molecule has 0 unspecified atom stereocenters. The predicted octanol–water partition coefficient (Wildman–Crippen LogP) is 2.64. The second-order valence-corrected chi connectivity index (χ2v) is 4.30. The monoisotopic (exact) mass is 291 g/mol. The summed E-state index contributed by atoms with van der Waals surface area (Å²) in [6.07, 6.45) is -1.69. The summed E-state index contributed by atoms with van der Waals surface area (Å²) in [4.78, 5) is 20.1. The van der Waals surface area contributed by atoms with Crippen LogP contribution in [0.25, 0.3) is 0 Å². The number of carbonyl (C=O) groups is 1. The fourth-order valence-electron chi connectivity index (χ4n) is 1.84. The van der Waals surface area contributed by atoms with E-state index in [4.69, 9.17) is 11.6 Å². The maximum absolute atomic E-state index is 12.5. The number of rotatable bonds is 2. The number of hydrogen-bond donors (Lipinski definition) is 0. The number of nitrogens with zero attached hydrogens (tertiary/aromatic N) is 3. The van der Waals surface area contributed by atoms with Crippen LogP contribution in [0, 0.1) is 0 Å². The Labute approximate surface area is 111 Å². The molecular formula is C11H9ClF3N3O. The van der Waals surface area contributed by atoms with Gasteiger partial charge in [-0.3, -0.25) is 4.79 Å². The molecule has 19 heavy (non-hydrogen) atoms. The van der Waals surface area contributed by atoms with Gasteiger partial charge in [-0.1, -0.05) is 17.7 Å². The number of anilines is 1. The van der Waals surface area contributed by atoms with Crippen LogP contribution in [0.3, 0.4) is 0 Å². The quantitative estimate of drug-likeness (QED) is 0.477. The topological polar surface area (TPSA) is 46.1 Å². The molecule has 0 saturated heterocycles. The van der Waals surface area contributed by atoms with E-state index in [9.17, 15) is 18.0 Å². The van der Waals surface area contributed by atoms with Gasteiger partial charge in [-0.15, -0.1) is 0 Å². The minimum Gasteiger partial charge on any atom is -0.352 e. The van der Waals surface area contributed by atoms with Crippen LogP contribution < -0.4 is 4.90 Å². The molecule has 2 heterocycles. The highest BCUT2D eigenvalue weighted by Crippen LogP contribution is 2.32. The van der Waals surface area contributed by atoms with Gasteiger partial charge in [0.05, 0.1) is 5.56 Å². The molecule has 2 rings (SSSR count). The minimum atomic E-state index is -4.30. The molecule has 1 aromatic heterocycles. The molecule has 1 aliphatic heterocycles. The van der Waals surface area contributed by atoms with Crippen LogP contribution in [0.15, 0.2) is 18.0 Å². The molecule has 0 radical (unpaired) electrons. The normalized spacial score (nSPS) is 16.2. The number of hydrogen-bond acceptors (Lipinski definition) is 4. The molecule has 0 saturated carbocycles. The van der Waals surface area contributed by atoms with Crippen LogP contribution in [0.5, 0.6) is 0 Å². The molecule has 0 aliphatic carbocycles. The minimum absolute atomic E-state index is 0.00871. The molecule has 0 fully saturated rings. The summed E-state index contributed by atoms with van der Waals surface area (Å²) in [5.74, 6) is 0.257. The molecule has 1 aliphatic rings. The molecule has 1 aromatic rings. The van der Waals surface area contributed by atoms with Gasteiger partial charge >= 0.3 is 6.18 Å². The summed E-state index contributed by atoms with van der Waals surface area (Å²) in [7, 11) is 0. The first-order valence-electron chi connectivity index (χ1n) is 5.40. The second-order valence-electron chi connectivity index (χ2n) is 3.94. The summed E-state index contributed by atoms with van der Waals surface area (Å²) in [6, 6.07) is 0. The first-order valence-corrected chi connectivity index (χ1v) is 5.78. The molecule has 0 aromatic carbocycles. The Morgan fingerprint density at radius 1 is 1.37 bits per heavy atom. The maximum Gasteiger partial charge on any atom is 0.412 e. The average molecular weight is 292 g/mol. The number of carbonyl (C=O) groups excluding carboxylic acids is 1. The van der Waals surface area contributed by atoms with Gasteiger partial charge in [0, 0.05) is 18.7 Å². The Bertz CT molecular complexity index is 530. The Hall–Kier alpha value is -1.63. The number of alkyl halides is 3. The van der Waals surface area contributed by atoms with Gasteiger partial charge in [0.2, 0.25) is 0 Å². The molecule has 0 atom stereocenters. The van der Waals surface area contributed by atoms with Gasteiger partial charge in [-0.25, -0.2) is 9.97 Å². The van der Waals surface area contributed by atoms with Crippen LogP contribution in [0.1, 0.15) is 16.8 Å². The third-order valence-corrected chi connectivity index (χ3v) is 3.11. The maximum atomic E-state index is 12.5. The Morgan fingerprint density at radius 2 is 2.11 bits per heavy atom. The lowest BCUT2D eigenvalue weighted by Gasteiger charge is -2.28. The van der Waals surface area contributed by atoms with Crippen LogP contribution in [0.4, 0.5) is 19.0 Å². The molecule has 102 valence electrons. The zero-order valence-corrected chi connectivity index (χ0v) is 10.4. The summed E-state index contributed by atoms with van der Waals surface area (Å²) in [5.41, 5.74) is -0.468. The van der Waals surface area contributed by atoms with E-state index in [1.165, 1.54) is 6.33 Å². The first-order chi connectivity index (χ1) is 8.93. The zero-order chi connectivity index (χ0) is 14.0. The lowest BCUT2D eigenvalue weighted by atomic mass is 10.1. The third-order valence-electron chi connectivity index (χ3n) is 2.80. The zero-order valence-electron chi connectivity index (χ0n) is 9.62. The highest BCUT2D eigenvalue weighted by atomic mass is 35.5. The fourth-order valence-corrected chi connectivity index (χ4v) is 2.01. The molecule has 0 N–H and O–H groups in total. The SMILES string of the molecule is O=Cc1c(Cl)ncnc1N1CC=C(C(F)(F)F)CC1. The van der Waals surface area contributed by atoms with Crippen molar-refractivity contribution in [3.63, 3.8) is 0 Å². The summed E-state index contributed by atoms with van der Waals surface area (Å²) >= 11 is 5.75. The molecule has 0 bridgehead atoms. The summed E-state index contributed by atoms with van der Waals surface area (Å²) < 4.78 is 37.5. The van der Waals surface area contributed by atoms with Crippen molar-refractivity contribution >= 4 is 23.7 Å². The van der Waals surface area contributed by atoms with Crippen molar-refractivity contribution in [2.45, 2.75) is 12.6 Å². The van der Waals surface area contributed by atoms with Crippen LogP contribution in [-0.2, 0) is 0 Å². The van der Waals surface area contributed by atoms with E-state index in [0.717, 1.165) is 6.08 Å². The highest BCUT2D eigenvalue weighted by molar-refractivity contribution is 6.32. The van der Waals surface area contributed by atoms with E-state index in [0.29, 0.717) is 6.29 Å². The summed E-state index contributed by atoms with van der Waals surface area (Å²) in [5, 5.41) is -0.00871. The molecule has 4 nitrogen and oxygen atoms in total. The third kappa shape index (κ3) is 2.86. The van der Waals surface area contributed by atoms with Gasteiger partial charge in [-0.2, -0.15) is 13.2 Å². The van der Waals surface area contributed by atoms with Gasteiger partial charge in [0.25, 0.3) is 0 Å². The van der Waals surface area contributed by atoms with Crippen molar-refractivity contribution in [3.05, 3.63) is 28.7 Å². The predicted molar refractivity (Wildman–Crippen MR) is 63.4 cm³/mol. The smallest absolute Gasteiger partial charge is 0.352 e. The lowest BCUT2D eigenvalue weighted by molar-refractivity contribution is -0.0944.